The summed E-state index contributed by atoms with van der Waals surface area (Å²) in [6.07, 6.45) is 0.883. The third-order valence-electron chi connectivity index (χ3n) is 3.74. The Morgan fingerprint density at radius 2 is 1.96 bits per heavy atom. The smallest absolute Gasteiger partial charge is 0.310 e. The van der Waals surface area contributed by atoms with Crippen molar-refractivity contribution in [1.29, 1.82) is 0 Å². The molecule has 3 nitrogen and oxygen atoms in total. The number of carbonyl (C=O) groups is 1. The van der Waals surface area contributed by atoms with E-state index in [9.17, 15) is 13.6 Å². The third-order valence-corrected chi connectivity index (χ3v) is 3.74. The molecular formula is C19H15F2NO2. The molecule has 0 aliphatic heterocycles. The lowest BCUT2D eigenvalue weighted by atomic mass is 10.1. The molecule has 0 saturated heterocycles. The first kappa shape index (κ1) is 16.1. The van der Waals surface area contributed by atoms with Gasteiger partial charge < -0.3 is 4.74 Å². The maximum absolute atomic E-state index is 13.6. The predicted molar refractivity (Wildman–Crippen MR) is 86.3 cm³/mol. The van der Waals surface area contributed by atoms with Crippen LogP contribution < -0.4 is 0 Å². The van der Waals surface area contributed by atoms with Crippen LogP contribution in [0.25, 0.3) is 10.9 Å². The topological polar surface area (TPSA) is 39.2 Å². The van der Waals surface area contributed by atoms with E-state index < -0.39 is 23.7 Å². The van der Waals surface area contributed by atoms with Gasteiger partial charge in [0.15, 0.2) is 0 Å². The van der Waals surface area contributed by atoms with Gasteiger partial charge in [0, 0.05) is 23.2 Å². The van der Waals surface area contributed by atoms with Crippen LogP contribution in [0.4, 0.5) is 8.78 Å². The van der Waals surface area contributed by atoms with Crippen molar-refractivity contribution in [2.24, 2.45) is 0 Å². The van der Waals surface area contributed by atoms with Gasteiger partial charge in [0.25, 0.3) is 0 Å². The summed E-state index contributed by atoms with van der Waals surface area (Å²) in [4.78, 5) is 16.3. The summed E-state index contributed by atoms with van der Waals surface area (Å²) in [5, 5.41) is 0.947. The van der Waals surface area contributed by atoms with E-state index in [0.29, 0.717) is 0 Å². The fourth-order valence-corrected chi connectivity index (χ4v) is 2.44. The number of rotatable bonds is 4. The second kappa shape index (κ2) is 6.74. The third kappa shape index (κ3) is 3.56. The van der Waals surface area contributed by atoms with Gasteiger partial charge in [-0.1, -0.05) is 24.3 Å². The molecule has 0 spiro atoms. The summed E-state index contributed by atoms with van der Waals surface area (Å²) in [7, 11) is 0. The van der Waals surface area contributed by atoms with Crippen LogP contribution in [-0.2, 0) is 16.0 Å². The lowest BCUT2D eigenvalue weighted by Crippen LogP contribution is -2.12. The van der Waals surface area contributed by atoms with Gasteiger partial charge in [-0.25, -0.2) is 8.78 Å². The highest BCUT2D eigenvalue weighted by atomic mass is 19.1. The molecule has 122 valence electrons. The second-order valence-electron chi connectivity index (χ2n) is 5.51. The number of fused-ring (bicyclic) bond motifs is 1. The number of aromatic nitrogens is 1. The number of benzene rings is 2. The van der Waals surface area contributed by atoms with Crippen LogP contribution in [0.2, 0.25) is 0 Å². The summed E-state index contributed by atoms with van der Waals surface area (Å²) in [6.45, 7) is 1.73. The molecule has 0 aliphatic carbocycles. The lowest BCUT2D eigenvalue weighted by molar-refractivity contribution is -0.147. The van der Waals surface area contributed by atoms with E-state index >= 15 is 0 Å². The Labute approximate surface area is 137 Å². The number of hydrogen-bond donors (Lipinski definition) is 0. The van der Waals surface area contributed by atoms with E-state index in [2.05, 4.69) is 4.98 Å². The van der Waals surface area contributed by atoms with Gasteiger partial charge in [0.1, 0.15) is 17.7 Å². The SMILES string of the molecule is CC(OC(=O)Cc1ccc(F)cc1F)c1cnc2ccccc2c1. The summed E-state index contributed by atoms with van der Waals surface area (Å²) in [5.74, 6) is -2.02. The average molecular weight is 327 g/mol. The summed E-state index contributed by atoms with van der Waals surface area (Å²) in [5.41, 5.74) is 1.71. The number of nitrogens with zero attached hydrogens (tertiary/aromatic N) is 1. The van der Waals surface area contributed by atoms with Crippen LogP contribution in [0.15, 0.2) is 54.7 Å². The highest BCUT2D eigenvalue weighted by molar-refractivity contribution is 5.79. The minimum atomic E-state index is -0.757. The van der Waals surface area contributed by atoms with Crippen molar-refractivity contribution in [2.45, 2.75) is 19.4 Å². The Bertz CT molecular complexity index is 895. The second-order valence-corrected chi connectivity index (χ2v) is 5.51. The van der Waals surface area contributed by atoms with E-state index in [1.165, 1.54) is 6.07 Å². The van der Waals surface area contributed by atoms with Crippen LogP contribution in [-0.4, -0.2) is 11.0 Å². The molecule has 0 N–H and O–H groups in total. The highest BCUT2D eigenvalue weighted by Crippen LogP contribution is 2.21. The standard InChI is InChI=1S/C19H15F2NO2/c1-12(15-8-14-4-2-3-5-18(14)22-11-15)24-19(23)9-13-6-7-16(20)10-17(13)21/h2-8,10-12H,9H2,1H3. The van der Waals surface area contributed by atoms with Crippen LogP contribution in [0, 0.1) is 11.6 Å². The zero-order valence-corrected chi connectivity index (χ0v) is 13.0. The molecule has 0 fully saturated rings. The van der Waals surface area contributed by atoms with Crippen LogP contribution in [0.5, 0.6) is 0 Å². The molecule has 1 unspecified atom stereocenters. The van der Waals surface area contributed by atoms with Crippen molar-refractivity contribution in [3.8, 4) is 0 Å². The average Bonchev–Trinajstić information content (AvgIpc) is 2.57. The normalized spacial score (nSPS) is 12.1. The minimum Gasteiger partial charge on any atom is -0.457 e. The van der Waals surface area contributed by atoms with Crippen molar-refractivity contribution in [1.82, 2.24) is 4.98 Å². The fraction of sp³-hybridized carbons (Fsp3) is 0.158. The van der Waals surface area contributed by atoms with Gasteiger partial charge in [-0.15, -0.1) is 0 Å². The molecule has 0 radical (unpaired) electrons. The van der Waals surface area contributed by atoms with E-state index in [1.807, 2.05) is 30.3 Å². The zero-order chi connectivity index (χ0) is 17.1. The Morgan fingerprint density at radius 1 is 1.17 bits per heavy atom. The predicted octanol–water partition coefficient (Wildman–Crippen LogP) is 4.36. The van der Waals surface area contributed by atoms with Crippen molar-refractivity contribution in [2.75, 3.05) is 0 Å². The first-order chi connectivity index (χ1) is 11.5. The molecule has 1 atom stereocenters. The van der Waals surface area contributed by atoms with Crippen LogP contribution >= 0.6 is 0 Å². The minimum absolute atomic E-state index is 0.102. The van der Waals surface area contributed by atoms with Gasteiger partial charge in [0.05, 0.1) is 11.9 Å². The van der Waals surface area contributed by atoms with Crippen molar-refractivity contribution < 1.29 is 18.3 Å². The number of halogens is 2. The monoisotopic (exact) mass is 327 g/mol. The molecule has 24 heavy (non-hydrogen) atoms. The Balaban J connectivity index is 1.70. The molecule has 0 bridgehead atoms. The van der Waals surface area contributed by atoms with Crippen molar-refractivity contribution >= 4 is 16.9 Å². The molecule has 1 aromatic heterocycles. The Hall–Kier alpha value is -2.82. The van der Waals surface area contributed by atoms with Gasteiger partial charge >= 0.3 is 5.97 Å². The lowest BCUT2D eigenvalue weighted by Gasteiger charge is -2.14. The number of carbonyl (C=O) groups excluding carboxylic acids is 1. The number of pyridine rings is 1. The number of ether oxygens (including phenoxy) is 1. The summed E-state index contributed by atoms with van der Waals surface area (Å²) < 4.78 is 31.8. The fourth-order valence-electron chi connectivity index (χ4n) is 2.44. The molecule has 0 amide bonds. The van der Waals surface area contributed by atoms with E-state index in [0.717, 1.165) is 28.6 Å². The number of esters is 1. The van der Waals surface area contributed by atoms with Gasteiger partial charge in [-0.3, -0.25) is 9.78 Å². The molecule has 0 aliphatic rings. The van der Waals surface area contributed by atoms with Crippen molar-refractivity contribution in [3.05, 3.63) is 77.5 Å². The van der Waals surface area contributed by atoms with Gasteiger partial charge in [0.2, 0.25) is 0 Å². The maximum atomic E-state index is 13.6. The molecule has 3 aromatic rings. The Kier molecular flexibility index (Phi) is 4.51. The number of hydrogen-bond acceptors (Lipinski definition) is 3. The molecule has 1 heterocycles. The molecular weight excluding hydrogens is 312 g/mol. The summed E-state index contributed by atoms with van der Waals surface area (Å²) >= 11 is 0. The maximum Gasteiger partial charge on any atom is 0.310 e. The van der Waals surface area contributed by atoms with E-state index in [4.69, 9.17) is 4.74 Å². The van der Waals surface area contributed by atoms with Crippen molar-refractivity contribution in [3.63, 3.8) is 0 Å². The van der Waals surface area contributed by atoms with Crippen LogP contribution in [0.1, 0.15) is 24.2 Å². The zero-order valence-electron chi connectivity index (χ0n) is 13.0. The first-order valence-corrected chi connectivity index (χ1v) is 7.51. The molecule has 5 heteroatoms. The van der Waals surface area contributed by atoms with Gasteiger partial charge in [-0.05, 0) is 30.7 Å². The quantitative estimate of drug-likeness (QED) is 0.668. The molecule has 0 saturated carbocycles. The first-order valence-electron chi connectivity index (χ1n) is 7.51. The molecule has 2 aromatic carbocycles. The summed E-state index contributed by atoms with van der Waals surface area (Å²) in [6, 6.07) is 12.6. The van der Waals surface area contributed by atoms with E-state index in [-0.39, 0.29) is 12.0 Å². The van der Waals surface area contributed by atoms with E-state index in [1.54, 1.807) is 13.1 Å². The molecule has 3 rings (SSSR count). The van der Waals surface area contributed by atoms with Gasteiger partial charge in [-0.2, -0.15) is 0 Å². The van der Waals surface area contributed by atoms with Crippen LogP contribution in [0.3, 0.4) is 0 Å². The highest BCUT2D eigenvalue weighted by Gasteiger charge is 2.15. The largest absolute Gasteiger partial charge is 0.457 e. The number of para-hydroxylation sites is 1. The Morgan fingerprint density at radius 3 is 2.75 bits per heavy atom.